The summed E-state index contributed by atoms with van der Waals surface area (Å²) in [5.41, 5.74) is 5.61. The number of piperazine rings is 1. The predicted molar refractivity (Wildman–Crippen MR) is 119 cm³/mol. The Kier molecular flexibility index (Phi) is 5.45. The van der Waals surface area contributed by atoms with E-state index >= 15 is 0 Å². The quantitative estimate of drug-likeness (QED) is 0.728. The normalized spacial score (nSPS) is 17.1. The molecule has 30 heavy (non-hydrogen) atoms. The Morgan fingerprint density at radius 3 is 2.53 bits per heavy atom. The minimum atomic E-state index is -0.498. The third kappa shape index (κ3) is 3.76. The van der Waals surface area contributed by atoms with Crippen molar-refractivity contribution in [3.63, 3.8) is 0 Å². The molecule has 0 radical (unpaired) electrons. The van der Waals surface area contributed by atoms with E-state index < -0.39 is 5.41 Å². The van der Waals surface area contributed by atoms with Gasteiger partial charge in [0.2, 0.25) is 0 Å². The van der Waals surface area contributed by atoms with E-state index in [1.807, 2.05) is 13.8 Å². The van der Waals surface area contributed by atoms with Crippen molar-refractivity contribution < 1.29 is 9.53 Å². The smallest absolute Gasteiger partial charge is 0.312 e. The summed E-state index contributed by atoms with van der Waals surface area (Å²) in [6.07, 6.45) is 2.30. The number of nitrogens with zero attached hydrogens (tertiary/aromatic N) is 4. The van der Waals surface area contributed by atoms with E-state index in [1.54, 1.807) is 0 Å². The highest BCUT2D eigenvalue weighted by Gasteiger charge is 2.33. The van der Waals surface area contributed by atoms with Gasteiger partial charge in [0.15, 0.2) is 5.82 Å². The molecule has 0 bridgehead atoms. The molecule has 0 saturated carbocycles. The number of methoxy groups -OCH3 is 1. The lowest BCUT2D eigenvalue weighted by Crippen LogP contribution is -2.50. The van der Waals surface area contributed by atoms with Gasteiger partial charge in [-0.1, -0.05) is 24.3 Å². The van der Waals surface area contributed by atoms with Crippen molar-refractivity contribution in [1.29, 1.82) is 0 Å². The standard InChI is InChI=1S/C24H32N4O2/c1-17-18(2)28-15-20-9-7-6-8-19(20)14-21(22(28)25-17)27-12-10-26(11-13-27)16-24(3,4)23(29)30-5/h6-9,14H,10-13,15-16H2,1-5H3. The molecule has 0 unspecified atom stereocenters. The molecule has 6 nitrogen and oxygen atoms in total. The summed E-state index contributed by atoms with van der Waals surface area (Å²) < 4.78 is 7.32. The molecule has 1 aromatic heterocycles. The lowest BCUT2D eigenvalue weighted by atomic mass is 9.92. The van der Waals surface area contributed by atoms with Gasteiger partial charge in [-0.25, -0.2) is 4.98 Å². The maximum absolute atomic E-state index is 12.1. The molecule has 1 saturated heterocycles. The largest absolute Gasteiger partial charge is 0.469 e. The molecule has 0 aliphatic carbocycles. The number of rotatable bonds is 4. The first-order valence-corrected chi connectivity index (χ1v) is 10.7. The number of carbonyl (C=O) groups is 1. The van der Waals surface area contributed by atoms with Gasteiger partial charge in [-0.05, 0) is 44.9 Å². The van der Waals surface area contributed by atoms with Crippen LogP contribution in [-0.2, 0) is 16.1 Å². The molecule has 2 aliphatic rings. The van der Waals surface area contributed by atoms with Crippen LogP contribution in [0.3, 0.4) is 0 Å². The van der Waals surface area contributed by atoms with Crippen LogP contribution in [0.5, 0.6) is 0 Å². The molecule has 0 spiro atoms. The first kappa shape index (κ1) is 20.7. The molecule has 0 N–H and O–H groups in total. The Labute approximate surface area is 179 Å². The number of imidazole rings is 1. The monoisotopic (exact) mass is 408 g/mol. The highest BCUT2D eigenvalue weighted by molar-refractivity contribution is 5.80. The van der Waals surface area contributed by atoms with Gasteiger partial charge in [0.25, 0.3) is 0 Å². The molecular weight excluding hydrogens is 376 g/mol. The van der Waals surface area contributed by atoms with E-state index in [2.05, 4.69) is 58.6 Å². The molecule has 3 heterocycles. The van der Waals surface area contributed by atoms with E-state index in [0.717, 1.165) is 44.2 Å². The molecule has 160 valence electrons. The Bertz CT molecular complexity index is 981. The van der Waals surface area contributed by atoms with E-state index in [-0.39, 0.29) is 5.97 Å². The number of benzene rings is 1. The fourth-order valence-electron chi connectivity index (χ4n) is 4.52. The highest BCUT2D eigenvalue weighted by atomic mass is 16.5. The van der Waals surface area contributed by atoms with Crippen LogP contribution in [0.15, 0.2) is 24.3 Å². The third-order valence-electron chi connectivity index (χ3n) is 6.43. The Hall–Kier alpha value is -2.60. The molecule has 6 heteroatoms. The fourth-order valence-corrected chi connectivity index (χ4v) is 4.52. The second-order valence-electron chi connectivity index (χ2n) is 9.06. The van der Waals surface area contributed by atoms with Crippen molar-refractivity contribution >= 4 is 17.7 Å². The van der Waals surface area contributed by atoms with Crippen LogP contribution in [-0.4, -0.2) is 65.2 Å². The Morgan fingerprint density at radius 1 is 1.13 bits per heavy atom. The number of hydrogen-bond donors (Lipinski definition) is 0. The van der Waals surface area contributed by atoms with E-state index in [4.69, 9.17) is 9.72 Å². The van der Waals surface area contributed by atoms with E-state index in [0.29, 0.717) is 6.54 Å². The summed E-state index contributed by atoms with van der Waals surface area (Å²) >= 11 is 0. The molecule has 2 aliphatic heterocycles. The number of aryl methyl sites for hydroxylation is 1. The molecular formula is C24H32N4O2. The van der Waals surface area contributed by atoms with Crippen molar-refractivity contribution in [3.8, 4) is 0 Å². The van der Waals surface area contributed by atoms with Gasteiger partial charge in [-0.3, -0.25) is 9.69 Å². The number of aromatic nitrogens is 2. The summed E-state index contributed by atoms with van der Waals surface area (Å²) in [5.74, 6) is 0.908. The van der Waals surface area contributed by atoms with Crippen LogP contribution in [0.4, 0.5) is 0 Å². The molecule has 1 fully saturated rings. The van der Waals surface area contributed by atoms with Crippen molar-refractivity contribution in [3.05, 3.63) is 52.6 Å². The van der Waals surface area contributed by atoms with Crippen LogP contribution in [0.1, 0.15) is 42.2 Å². The second kappa shape index (κ2) is 7.91. The average Bonchev–Trinajstić information content (AvgIpc) is 2.91. The molecule has 0 atom stereocenters. The van der Waals surface area contributed by atoms with Crippen molar-refractivity contribution in [2.24, 2.45) is 5.41 Å². The number of carbonyl (C=O) groups excluding carboxylic acids is 1. The van der Waals surface area contributed by atoms with Gasteiger partial charge in [0, 0.05) is 45.0 Å². The van der Waals surface area contributed by atoms with Crippen LogP contribution < -0.4 is 0 Å². The third-order valence-corrected chi connectivity index (χ3v) is 6.43. The van der Waals surface area contributed by atoms with Gasteiger partial charge >= 0.3 is 5.97 Å². The van der Waals surface area contributed by atoms with Crippen LogP contribution in [0, 0.1) is 19.3 Å². The number of hydrogen-bond acceptors (Lipinski definition) is 5. The summed E-state index contributed by atoms with van der Waals surface area (Å²) in [6, 6.07) is 8.61. The minimum Gasteiger partial charge on any atom is -0.469 e. The van der Waals surface area contributed by atoms with Gasteiger partial charge in [-0.2, -0.15) is 0 Å². The summed E-state index contributed by atoms with van der Waals surface area (Å²) in [7, 11) is 1.46. The minimum absolute atomic E-state index is 0.152. The molecule has 0 amide bonds. The number of esters is 1. The zero-order chi connectivity index (χ0) is 21.5. The fraction of sp³-hybridized carbons (Fsp3) is 0.500. The summed E-state index contributed by atoms with van der Waals surface area (Å²) in [6.45, 7) is 13.4. The lowest BCUT2D eigenvalue weighted by Gasteiger charge is -2.39. The molecule has 1 aromatic carbocycles. The second-order valence-corrected chi connectivity index (χ2v) is 9.06. The van der Waals surface area contributed by atoms with Gasteiger partial charge in [-0.15, -0.1) is 0 Å². The SMILES string of the molecule is COC(=O)C(C)(C)CN1CCN(C2=Cc3ccccc3Cn3c2nc(C)c3C)CC1. The zero-order valence-electron chi connectivity index (χ0n) is 18.7. The van der Waals surface area contributed by atoms with Crippen molar-refractivity contribution in [2.75, 3.05) is 39.8 Å². The zero-order valence-corrected chi connectivity index (χ0v) is 18.7. The topological polar surface area (TPSA) is 50.6 Å². The lowest BCUT2D eigenvalue weighted by molar-refractivity contribution is -0.152. The van der Waals surface area contributed by atoms with Gasteiger partial charge in [0.05, 0.1) is 23.9 Å². The van der Waals surface area contributed by atoms with Crippen LogP contribution in [0.25, 0.3) is 11.8 Å². The molecule has 2 aromatic rings. The average molecular weight is 409 g/mol. The Balaban J connectivity index is 1.58. The van der Waals surface area contributed by atoms with Crippen LogP contribution >= 0.6 is 0 Å². The first-order valence-electron chi connectivity index (χ1n) is 10.7. The van der Waals surface area contributed by atoms with Gasteiger partial charge in [0.1, 0.15) is 0 Å². The van der Waals surface area contributed by atoms with E-state index in [9.17, 15) is 4.79 Å². The summed E-state index contributed by atoms with van der Waals surface area (Å²) in [5, 5.41) is 0. The summed E-state index contributed by atoms with van der Waals surface area (Å²) in [4.78, 5) is 21.8. The maximum Gasteiger partial charge on any atom is 0.312 e. The van der Waals surface area contributed by atoms with Crippen LogP contribution in [0.2, 0.25) is 0 Å². The van der Waals surface area contributed by atoms with Crippen molar-refractivity contribution in [2.45, 2.75) is 34.2 Å². The van der Waals surface area contributed by atoms with E-state index in [1.165, 1.54) is 29.6 Å². The predicted octanol–water partition coefficient (Wildman–Crippen LogP) is 3.18. The number of fused-ring (bicyclic) bond motifs is 2. The van der Waals surface area contributed by atoms with Crippen molar-refractivity contribution in [1.82, 2.24) is 19.4 Å². The maximum atomic E-state index is 12.1. The number of ether oxygens (including phenoxy) is 1. The Morgan fingerprint density at radius 2 is 1.83 bits per heavy atom. The molecule has 4 rings (SSSR count). The first-order chi connectivity index (χ1) is 14.3. The highest BCUT2D eigenvalue weighted by Crippen LogP contribution is 2.31. The van der Waals surface area contributed by atoms with Gasteiger partial charge < -0.3 is 14.2 Å².